The molecular weight excluding hydrogens is 355 g/mol. The fraction of sp³-hybridized carbons (Fsp3) is 0.188. The smallest absolute Gasteiger partial charge is 0.416 e. The van der Waals surface area contributed by atoms with Crippen molar-refractivity contribution in [2.45, 2.75) is 13.1 Å². The number of nitrogens with zero attached hydrogens (tertiary/aromatic N) is 1. The molecule has 2 aromatic rings. The number of nitro groups is 1. The molecule has 0 spiro atoms. The first-order valence-electron chi connectivity index (χ1n) is 7.27. The van der Waals surface area contributed by atoms with Crippen molar-refractivity contribution in [2.75, 3.05) is 12.0 Å². The van der Waals surface area contributed by atoms with Gasteiger partial charge >= 0.3 is 6.18 Å². The highest BCUT2D eigenvalue weighted by atomic mass is 19.4. The quantitative estimate of drug-likeness (QED) is 0.601. The third-order valence-corrected chi connectivity index (χ3v) is 3.31. The number of para-hydroxylation sites is 1. The van der Waals surface area contributed by atoms with Crippen LogP contribution < -0.4 is 15.6 Å². The number of hydrogen-bond acceptors (Lipinski definition) is 5. The monoisotopic (exact) mass is 369 g/mol. The number of benzene rings is 2. The number of nitrogens with one attached hydrogen (secondary N) is 2. The van der Waals surface area contributed by atoms with Crippen molar-refractivity contribution in [2.24, 2.45) is 0 Å². The molecule has 2 aromatic carbocycles. The Morgan fingerprint density at radius 2 is 1.92 bits per heavy atom. The number of anilines is 1. The largest absolute Gasteiger partial charge is 0.483 e. The second kappa shape index (κ2) is 7.72. The summed E-state index contributed by atoms with van der Waals surface area (Å²) < 4.78 is 43.2. The number of halogens is 3. The van der Waals surface area contributed by atoms with Gasteiger partial charge in [-0.15, -0.1) is 0 Å². The number of aryl methyl sites for hydroxylation is 1. The Morgan fingerprint density at radius 3 is 2.54 bits per heavy atom. The van der Waals surface area contributed by atoms with Gasteiger partial charge in [-0.3, -0.25) is 25.8 Å². The highest BCUT2D eigenvalue weighted by Crippen LogP contribution is 2.34. The average Bonchev–Trinajstić information content (AvgIpc) is 2.58. The van der Waals surface area contributed by atoms with E-state index in [1.54, 1.807) is 31.2 Å². The van der Waals surface area contributed by atoms with Crippen LogP contribution in [0.3, 0.4) is 0 Å². The van der Waals surface area contributed by atoms with E-state index in [4.69, 9.17) is 4.74 Å². The molecule has 0 aliphatic rings. The molecule has 0 unspecified atom stereocenters. The highest BCUT2D eigenvalue weighted by Gasteiger charge is 2.33. The number of carbonyl (C=O) groups is 1. The molecule has 2 rings (SSSR count). The number of carbonyl (C=O) groups excluding carboxylic acids is 1. The molecule has 0 atom stereocenters. The predicted molar refractivity (Wildman–Crippen MR) is 86.5 cm³/mol. The first-order chi connectivity index (χ1) is 12.2. The highest BCUT2D eigenvalue weighted by molar-refractivity contribution is 5.79. The summed E-state index contributed by atoms with van der Waals surface area (Å²) in [4.78, 5) is 21.7. The summed E-state index contributed by atoms with van der Waals surface area (Å²) in [5, 5.41) is 11.0. The van der Waals surface area contributed by atoms with Crippen molar-refractivity contribution in [1.82, 2.24) is 5.43 Å². The van der Waals surface area contributed by atoms with Gasteiger partial charge in [0.25, 0.3) is 11.6 Å². The van der Waals surface area contributed by atoms with Gasteiger partial charge in [0, 0.05) is 6.07 Å². The molecule has 7 nitrogen and oxygen atoms in total. The van der Waals surface area contributed by atoms with Gasteiger partial charge in [-0.25, -0.2) is 0 Å². The lowest BCUT2D eigenvalue weighted by atomic mass is 10.1. The normalized spacial score (nSPS) is 10.9. The maximum atomic E-state index is 12.6. The molecule has 0 fully saturated rings. The second-order valence-corrected chi connectivity index (χ2v) is 5.21. The third kappa shape index (κ3) is 4.85. The molecule has 2 N–H and O–H groups in total. The summed E-state index contributed by atoms with van der Waals surface area (Å²) in [6, 6.07) is 8.90. The van der Waals surface area contributed by atoms with Crippen molar-refractivity contribution in [3.05, 3.63) is 63.7 Å². The number of ether oxygens (including phenoxy) is 1. The van der Waals surface area contributed by atoms with E-state index >= 15 is 0 Å². The van der Waals surface area contributed by atoms with E-state index in [0.717, 1.165) is 11.6 Å². The van der Waals surface area contributed by atoms with Crippen molar-refractivity contribution >= 4 is 17.3 Å². The van der Waals surface area contributed by atoms with Crippen molar-refractivity contribution < 1.29 is 27.6 Å². The van der Waals surface area contributed by atoms with E-state index in [1.165, 1.54) is 0 Å². The molecule has 10 heteroatoms. The number of amides is 1. The number of rotatable bonds is 6. The van der Waals surface area contributed by atoms with Crippen molar-refractivity contribution in [3.63, 3.8) is 0 Å². The Kier molecular flexibility index (Phi) is 5.65. The number of nitro benzene ring substituents is 1. The molecule has 1 amide bonds. The van der Waals surface area contributed by atoms with E-state index in [9.17, 15) is 28.1 Å². The average molecular weight is 369 g/mol. The van der Waals surface area contributed by atoms with Gasteiger partial charge in [0.05, 0.1) is 10.5 Å². The lowest BCUT2D eigenvalue weighted by molar-refractivity contribution is -0.384. The summed E-state index contributed by atoms with van der Waals surface area (Å²) in [5.41, 5.74) is 2.92. The van der Waals surface area contributed by atoms with Crippen molar-refractivity contribution in [1.29, 1.82) is 0 Å². The van der Waals surface area contributed by atoms with Crippen LogP contribution in [0.15, 0.2) is 42.5 Å². The van der Waals surface area contributed by atoms with Gasteiger partial charge in [0.2, 0.25) is 0 Å². The molecule has 0 radical (unpaired) electrons. The summed E-state index contributed by atoms with van der Waals surface area (Å²) in [6.07, 6.45) is -4.71. The lowest BCUT2D eigenvalue weighted by Crippen LogP contribution is -2.34. The Bertz CT molecular complexity index is 825. The van der Waals surface area contributed by atoms with Crippen LogP contribution in [-0.2, 0) is 11.0 Å². The molecule has 0 aliphatic heterocycles. The van der Waals surface area contributed by atoms with Gasteiger partial charge in [0.15, 0.2) is 6.61 Å². The first-order valence-corrected chi connectivity index (χ1v) is 7.27. The SMILES string of the molecule is Cc1ccccc1OCC(=O)NNc1ccc(C(F)(F)F)cc1[N+](=O)[O-]. The number of hydrogen-bond donors (Lipinski definition) is 2. The van der Waals surface area contributed by atoms with Gasteiger partial charge in [0.1, 0.15) is 11.4 Å². The molecule has 0 aliphatic carbocycles. The van der Waals surface area contributed by atoms with Crippen LogP contribution >= 0.6 is 0 Å². The zero-order chi connectivity index (χ0) is 19.3. The summed E-state index contributed by atoms with van der Waals surface area (Å²) in [7, 11) is 0. The molecule has 0 saturated heterocycles. The third-order valence-electron chi connectivity index (χ3n) is 3.31. The van der Waals surface area contributed by atoms with Crippen LogP contribution in [0.25, 0.3) is 0 Å². The van der Waals surface area contributed by atoms with Crippen LogP contribution in [0.2, 0.25) is 0 Å². The number of alkyl halides is 3. The summed E-state index contributed by atoms with van der Waals surface area (Å²) in [5.74, 6) is -0.175. The zero-order valence-corrected chi connectivity index (χ0v) is 13.5. The lowest BCUT2D eigenvalue weighted by Gasteiger charge is -2.12. The van der Waals surface area contributed by atoms with Crippen LogP contribution in [0, 0.1) is 17.0 Å². The molecule has 0 saturated carbocycles. The van der Waals surface area contributed by atoms with Gasteiger partial charge in [-0.2, -0.15) is 13.2 Å². The molecule has 138 valence electrons. The van der Waals surface area contributed by atoms with Crippen LogP contribution in [0.4, 0.5) is 24.5 Å². The Labute approximate surface area is 145 Å². The van der Waals surface area contributed by atoms with Crippen LogP contribution in [0.1, 0.15) is 11.1 Å². The van der Waals surface area contributed by atoms with E-state index in [0.29, 0.717) is 17.9 Å². The maximum Gasteiger partial charge on any atom is 0.416 e. The minimum Gasteiger partial charge on any atom is -0.483 e. The topological polar surface area (TPSA) is 93.5 Å². The Morgan fingerprint density at radius 1 is 1.23 bits per heavy atom. The molecule has 0 heterocycles. The molecule has 26 heavy (non-hydrogen) atoms. The van der Waals surface area contributed by atoms with E-state index in [2.05, 4.69) is 10.9 Å². The van der Waals surface area contributed by atoms with Gasteiger partial charge in [-0.1, -0.05) is 18.2 Å². The van der Waals surface area contributed by atoms with Gasteiger partial charge < -0.3 is 4.74 Å². The first kappa shape index (κ1) is 19.0. The van der Waals surface area contributed by atoms with E-state index in [1.807, 2.05) is 0 Å². The molecule has 0 aromatic heterocycles. The van der Waals surface area contributed by atoms with E-state index < -0.39 is 28.3 Å². The minimum absolute atomic E-state index is 0.285. The summed E-state index contributed by atoms with van der Waals surface area (Å²) >= 11 is 0. The maximum absolute atomic E-state index is 12.6. The molecule has 0 bridgehead atoms. The number of hydrazine groups is 1. The zero-order valence-electron chi connectivity index (χ0n) is 13.5. The minimum atomic E-state index is -4.71. The standard InChI is InChI=1S/C16H14F3N3O4/c1-10-4-2-3-5-14(10)26-9-15(23)21-20-12-7-6-11(16(17,18)19)8-13(12)22(24)25/h2-8,20H,9H2,1H3,(H,21,23). The van der Waals surface area contributed by atoms with Crippen LogP contribution in [0.5, 0.6) is 5.75 Å². The fourth-order valence-electron chi connectivity index (χ4n) is 2.00. The Hall–Kier alpha value is -3.30. The van der Waals surface area contributed by atoms with Gasteiger partial charge in [-0.05, 0) is 30.7 Å². The second-order valence-electron chi connectivity index (χ2n) is 5.21. The fourth-order valence-corrected chi connectivity index (χ4v) is 2.00. The summed E-state index contributed by atoms with van der Waals surface area (Å²) in [6.45, 7) is 1.41. The van der Waals surface area contributed by atoms with E-state index in [-0.39, 0.29) is 12.3 Å². The van der Waals surface area contributed by atoms with Crippen LogP contribution in [-0.4, -0.2) is 17.4 Å². The van der Waals surface area contributed by atoms with Crippen molar-refractivity contribution in [3.8, 4) is 5.75 Å². The molecular formula is C16H14F3N3O4. The predicted octanol–water partition coefficient (Wildman–Crippen LogP) is 3.44. The Balaban J connectivity index is 2.01.